The van der Waals surface area contributed by atoms with Crippen molar-refractivity contribution in [1.82, 2.24) is 5.32 Å². The van der Waals surface area contributed by atoms with Crippen LogP contribution < -0.4 is 5.32 Å². The molecule has 1 aliphatic carbocycles. The molecule has 0 spiro atoms. The number of cyclic esters (lactones) is 1. The van der Waals surface area contributed by atoms with Gasteiger partial charge in [-0.15, -0.1) is 0 Å². The quantitative estimate of drug-likeness (QED) is 0.761. The Morgan fingerprint density at radius 1 is 1.53 bits per heavy atom. The molecule has 1 heterocycles. The predicted octanol–water partition coefficient (Wildman–Crippen LogP) is 1.39. The molecular weight excluding hydrogens is 194 g/mol. The largest absolute Gasteiger partial charge is 0.442 e. The van der Waals surface area contributed by atoms with E-state index in [2.05, 4.69) is 23.5 Å². The summed E-state index contributed by atoms with van der Waals surface area (Å²) in [7, 11) is 0. The molecule has 1 unspecified atom stereocenters. The third-order valence-electron chi connectivity index (χ3n) is 2.39. The van der Waals surface area contributed by atoms with Gasteiger partial charge in [-0.05, 0) is 18.4 Å². The van der Waals surface area contributed by atoms with Gasteiger partial charge in [-0.2, -0.15) is 0 Å². The molecule has 1 saturated heterocycles. The predicted molar refractivity (Wildman–Crippen MR) is 55.5 cm³/mol. The van der Waals surface area contributed by atoms with Crippen molar-refractivity contribution in [3.05, 3.63) is 23.8 Å². The monoisotopic (exact) mass is 209 g/mol. The first-order valence-corrected chi connectivity index (χ1v) is 5.22. The van der Waals surface area contributed by atoms with Crippen molar-refractivity contribution in [3.8, 4) is 0 Å². The third kappa shape index (κ3) is 3.09. The number of carbonyl (C=O) groups is 1. The maximum atomic E-state index is 10.7. The topological polar surface area (TPSA) is 47.6 Å². The van der Waals surface area contributed by atoms with Crippen molar-refractivity contribution >= 4 is 6.09 Å². The molecule has 1 atom stereocenters. The normalized spacial score (nSPS) is 24.7. The Balaban J connectivity index is 1.64. The molecular formula is C11H15NO3. The molecule has 0 aromatic rings. The highest BCUT2D eigenvalue weighted by Gasteiger charge is 2.22. The van der Waals surface area contributed by atoms with Crippen LogP contribution in [0.25, 0.3) is 0 Å². The number of alkyl carbamates (subject to hydrolysis) is 1. The lowest BCUT2D eigenvalue weighted by Gasteiger charge is -2.10. The van der Waals surface area contributed by atoms with Crippen LogP contribution in [-0.4, -0.2) is 32.0 Å². The molecule has 82 valence electrons. The Kier molecular flexibility index (Phi) is 3.40. The second-order valence-electron chi connectivity index (χ2n) is 3.68. The van der Waals surface area contributed by atoms with E-state index in [0.29, 0.717) is 19.8 Å². The van der Waals surface area contributed by atoms with E-state index in [1.807, 2.05) is 0 Å². The summed E-state index contributed by atoms with van der Waals surface area (Å²) in [6.45, 7) is 1.61. The second-order valence-corrected chi connectivity index (χ2v) is 3.68. The lowest BCUT2D eigenvalue weighted by Crippen LogP contribution is -2.20. The zero-order chi connectivity index (χ0) is 10.5. The molecule has 0 aromatic heterocycles. The number of amides is 1. The minimum Gasteiger partial charge on any atom is -0.442 e. The Hall–Kier alpha value is -1.29. The average molecular weight is 209 g/mol. The van der Waals surface area contributed by atoms with E-state index in [-0.39, 0.29) is 12.2 Å². The van der Waals surface area contributed by atoms with Crippen LogP contribution in [0.4, 0.5) is 4.79 Å². The maximum absolute atomic E-state index is 10.7. The zero-order valence-corrected chi connectivity index (χ0v) is 8.57. The fourth-order valence-electron chi connectivity index (χ4n) is 1.61. The molecule has 1 amide bonds. The first kappa shape index (κ1) is 10.2. The minimum atomic E-state index is -0.347. The number of hydrogen-bond acceptors (Lipinski definition) is 3. The first-order chi connectivity index (χ1) is 7.34. The summed E-state index contributed by atoms with van der Waals surface area (Å²) in [5, 5.41) is 2.59. The van der Waals surface area contributed by atoms with Gasteiger partial charge in [-0.25, -0.2) is 4.79 Å². The van der Waals surface area contributed by atoms with Gasteiger partial charge in [0.15, 0.2) is 0 Å². The van der Waals surface area contributed by atoms with Gasteiger partial charge in [-0.3, -0.25) is 0 Å². The van der Waals surface area contributed by atoms with E-state index < -0.39 is 0 Å². The molecule has 0 radical (unpaired) electrons. The summed E-state index contributed by atoms with van der Waals surface area (Å²) in [4.78, 5) is 10.7. The number of rotatable bonds is 4. The summed E-state index contributed by atoms with van der Waals surface area (Å²) in [6, 6.07) is 0. The van der Waals surface area contributed by atoms with Gasteiger partial charge in [0, 0.05) is 0 Å². The Bertz CT molecular complexity index is 296. The fraction of sp³-hybridized carbons (Fsp3) is 0.545. The SMILES string of the molecule is O=C1NCC(COCC2=CCCC=C2)O1. The highest BCUT2D eigenvalue weighted by atomic mass is 16.6. The van der Waals surface area contributed by atoms with Crippen LogP contribution >= 0.6 is 0 Å². The number of ether oxygens (including phenoxy) is 2. The van der Waals surface area contributed by atoms with Gasteiger partial charge in [-0.1, -0.05) is 18.2 Å². The molecule has 15 heavy (non-hydrogen) atoms. The van der Waals surface area contributed by atoms with Crippen molar-refractivity contribution in [2.45, 2.75) is 18.9 Å². The van der Waals surface area contributed by atoms with E-state index in [1.54, 1.807) is 0 Å². The summed E-state index contributed by atoms with van der Waals surface area (Å²) < 4.78 is 10.4. The van der Waals surface area contributed by atoms with Crippen molar-refractivity contribution in [1.29, 1.82) is 0 Å². The summed E-state index contributed by atoms with van der Waals surface area (Å²) in [5.41, 5.74) is 1.21. The lowest BCUT2D eigenvalue weighted by molar-refractivity contribution is 0.0560. The number of carbonyl (C=O) groups excluding carboxylic acids is 1. The average Bonchev–Trinajstić information content (AvgIpc) is 2.66. The standard InChI is InChI=1S/C11H15NO3/c13-11-12-6-10(15-11)8-14-7-9-4-2-1-3-5-9/h2,4-5,10H,1,3,6-8H2,(H,12,13). The Morgan fingerprint density at radius 2 is 2.47 bits per heavy atom. The van der Waals surface area contributed by atoms with Gasteiger partial charge in [0.25, 0.3) is 0 Å². The third-order valence-corrected chi connectivity index (χ3v) is 2.39. The molecule has 1 fully saturated rings. The highest BCUT2D eigenvalue weighted by Crippen LogP contribution is 2.10. The van der Waals surface area contributed by atoms with Crippen molar-refractivity contribution < 1.29 is 14.3 Å². The molecule has 1 N–H and O–H groups in total. The maximum Gasteiger partial charge on any atom is 0.407 e. The van der Waals surface area contributed by atoms with Crippen LogP contribution in [-0.2, 0) is 9.47 Å². The van der Waals surface area contributed by atoms with Gasteiger partial charge < -0.3 is 14.8 Å². The molecule has 4 nitrogen and oxygen atoms in total. The minimum absolute atomic E-state index is 0.134. The van der Waals surface area contributed by atoms with E-state index in [1.165, 1.54) is 5.57 Å². The summed E-state index contributed by atoms with van der Waals surface area (Å²) in [5.74, 6) is 0. The van der Waals surface area contributed by atoms with Crippen molar-refractivity contribution in [2.24, 2.45) is 0 Å². The van der Waals surface area contributed by atoms with Gasteiger partial charge >= 0.3 is 6.09 Å². The van der Waals surface area contributed by atoms with Crippen LogP contribution in [0.5, 0.6) is 0 Å². The summed E-state index contributed by atoms with van der Waals surface area (Å²) in [6.07, 6.45) is 8.14. The molecule has 2 rings (SSSR count). The molecule has 0 aromatic carbocycles. The Labute approximate surface area is 88.9 Å². The lowest BCUT2D eigenvalue weighted by atomic mass is 10.1. The zero-order valence-electron chi connectivity index (χ0n) is 8.57. The van der Waals surface area contributed by atoms with E-state index >= 15 is 0 Å². The first-order valence-electron chi connectivity index (χ1n) is 5.22. The fourth-order valence-corrected chi connectivity index (χ4v) is 1.61. The summed E-state index contributed by atoms with van der Waals surface area (Å²) >= 11 is 0. The number of hydrogen-bond donors (Lipinski definition) is 1. The molecule has 1 aliphatic heterocycles. The Morgan fingerprint density at radius 3 is 3.13 bits per heavy atom. The van der Waals surface area contributed by atoms with Crippen LogP contribution in [0.3, 0.4) is 0 Å². The van der Waals surface area contributed by atoms with Crippen LogP contribution in [0.2, 0.25) is 0 Å². The smallest absolute Gasteiger partial charge is 0.407 e. The van der Waals surface area contributed by atoms with Gasteiger partial charge in [0.05, 0.1) is 19.8 Å². The molecule has 0 bridgehead atoms. The van der Waals surface area contributed by atoms with Crippen molar-refractivity contribution in [2.75, 3.05) is 19.8 Å². The van der Waals surface area contributed by atoms with Crippen LogP contribution in [0, 0.1) is 0 Å². The van der Waals surface area contributed by atoms with Crippen molar-refractivity contribution in [3.63, 3.8) is 0 Å². The van der Waals surface area contributed by atoms with Crippen LogP contribution in [0.1, 0.15) is 12.8 Å². The number of nitrogens with one attached hydrogen (secondary N) is 1. The second kappa shape index (κ2) is 4.98. The molecule has 2 aliphatic rings. The highest BCUT2D eigenvalue weighted by molar-refractivity contribution is 5.69. The van der Waals surface area contributed by atoms with E-state index in [4.69, 9.17) is 9.47 Å². The van der Waals surface area contributed by atoms with Crippen LogP contribution in [0.15, 0.2) is 23.8 Å². The van der Waals surface area contributed by atoms with Gasteiger partial charge in [0.1, 0.15) is 6.10 Å². The number of allylic oxidation sites excluding steroid dienone is 2. The molecule has 0 saturated carbocycles. The molecule has 4 heteroatoms. The van der Waals surface area contributed by atoms with Gasteiger partial charge in [0.2, 0.25) is 0 Å². The van der Waals surface area contributed by atoms with E-state index in [9.17, 15) is 4.79 Å². The van der Waals surface area contributed by atoms with E-state index in [0.717, 1.165) is 12.8 Å².